The summed E-state index contributed by atoms with van der Waals surface area (Å²) in [5.41, 5.74) is 3.70. The van der Waals surface area contributed by atoms with Crippen molar-refractivity contribution in [3.63, 3.8) is 0 Å². The highest BCUT2D eigenvalue weighted by Crippen LogP contribution is 2.40. The lowest BCUT2D eigenvalue weighted by molar-refractivity contribution is -0.112. The topological polar surface area (TPSA) is 81.1 Å². The fourth-order valence-corrected chi connectivity index (χ4v) is 6.97. The van der Waals surface area contributed by atoms with E-state index in [1.807, 2.05) is 55.6 Å². The van der Waals surface area contributed by atoms with Gasteiger partial charge in [0.1, 0.15) is 12.4 Å². The van der Waals surface area contributed by atoms with Gasteiger partial charge in [-0.05, 0) is 61.5 Å². The lowest BCUT2D eigenvalue weighted by Crippen LogP contribution is -2.40. The maximum absolute atomic E-state index is 13.6. The molecule has 2 aliphatic rings. The highest BCUT2D eigenvalue weighted by Gasteiger charge is 2.34. The molecule has 41 heavy (non-hydrogen) atoms. The summed E-state index contributed by atoms with van der Waals surface area (Å²) in [4.78, 5) is 15.5. The van der Waals surface area contributed by atoms with Crippen molar-refractivity contribution in [1.29, 1.82) is 0 Å². The molecule has 212 valence electrons. The molecule has 4 aromatic rings. The summed E-state index contributed by atoms with van der Waals surface area (Å²) < 4.78 is 41.6. The van der Waals surface area contributed by atoms with E-state index in [-0.39, 0.29) is 10.8 Å². The number of likely N-dealkylation sites (N-methyl/N-ethyl adjacent to an activating group) is 1. The van der Waals surface area contributed by atoms with E-state index in [9.17, 15) is 13.2 Å². The van der Waals surface area contributed by atoms with Crippen molar-refractivity contribution in [3.8, 4) is 5.75 Å². The van der Waals surface area contributed by atoms with Crippen LogP contribution in [-0.2, 0) is 26.1 Å². The van der Waals surface area contributed by atoms with Crippen molar-refractivity contribution in [2.45, 2.75) is 18.4 Å². The number of nitrogens with zero attached hydrogens (tertiary/aromatic N) is 3. The summed E-state index contributed by atoms with van der Waals surface area (Å²) in [5, 5.41) is 1.65. The maximum atomic E-state index is 13.6. The Hall–Kier alpha value is -3.63. The van der Waals surface area contributed by atoms with Gasteiger partial charge in [0, 0.05) is 58.5 Å². The lowest BCUT2D eigenvalue weighted by Gasteiger charge is -2.26. The molecule has 0 N–H and O–H groups in total. The number of para-hydroxylation sites is 1. The van der Waals surface area contributed by atoms with Gasteiger partial charge in [0.05, 0.1) is 30.3 Å². The van der Waals surface area contributed by atoms with Gasteiger partial charge in [-0.3, -0.25) is 4.79 Å². The van der Waals surface area contributed by atoms with Crippen LogP contribution in [-0.4, -0.2) is 62.7 Å². The molecule has 6 rings (SSSR count). The van der Waals surface area contributed by atoms with Gasteiger partial charge in [-0.2, -0.15) is 4.31 Å². The van der Waals surface area contributed by atoms with Crippen molar-refractivity contribution < 1.29 is 22.7 Å². The third-order valence-corrected chi connectivity index (χ3v) is 9.63. The monoisotopic (exact) mass is 591 g/mol. The molecule has 1 amide bonds. The number of carbonyl (C=O) groups excluding carboxylic acids is 1. The zero-order chi connectivity index (χ0) is 28.6. The summed E-state index contributed by atoms with van der Waals surface area (Å²) in [6.07, 6.45) is 3.89. The number of benzene rings is 3. The summed E-state index contributed by atoms with van der Waals surface area (Å²) in [5.74, 6) is 0.593. The number of anilines is 1. The molecule has 0 spiro atoms. The molecule has 1 saturated heterocycles. The number of morpholine rings is 1. The van der Waals surface area contributed by atoms with Crippen LogP contribution in [0.25, 0.3) is 22.6 Å². The van der Waals surface area contributed by atoms with Gasteiger partial charge >= 0.3 is 0 Å². The average molecular weight is 592 g/mol. The predicted molar refractivity (Wildman–Crippen MR) is 161 cm³/mol. The number of fused-ring (bicyclic) bond motifs is 2. The number of sulfonamides is 1. The SMILES string of the molecule is CCN1C(=O)C(=Cc2cn(CCOc3ccc(Cl)cc3)c3ccccc23)c2cc(S(=O)(=O)N3CCOCC3)ccc21. The van der Waals surface area contributed by atoms with Crippen LogP contribution in [0.5, 0.6) is 5.75 Å². The van der Waals surface area contributed by atoms with Crippen LogP contribution in [0.15, 0.2) is 77.8 Å². The second kappa shape index (κ2) is 11.3. The Kier molecular flexibility index (Phi) is 7.61. The Morgan fingerprint density at radius 3 is 2.54 bits per heavy atom. The van der Waals surface area contributed by atoms with Gasteiger partial charge in [-0.15, -0.1) is 0 Å². The van der Waals surface area contributed by atoms with Crippen molar-refractivity contribution in [1.82, 2.24) is 8.87 Å². The quantitative estimate of drug-likeness (QED) is 0.260. The van der Waals surface area contributed by atoms with Gasteiger partial charge in [0.25, 0.3) is 5.91 Å². The highest BCUT2D eigenvalue weighted by molar-refractivity contribution is 7.89. The molecule has 1 fully saturated rings. The third-order valence-electron chi connectivity index (χ3n) is 7.48. The highest BCUT2D eigenvalue weighted by atomic mass is 35.5. The molecule has 10 heteroatoms. The molecule has 0 radical (unpaired) electrons. The Balaban J connectivity index is 1.35. The number of rotatable bonds is 8. The van der Waals surface area contributed by atoms with Crippen molar-refractivity contribution in [2.75, 3.05) is 44.4 Å². The van der Waals surface area contributed by atoms with Gasteiger partial charge in [-0.1, -0.05) is 29.8 Å². The molecule has 8 nitrogen and oxygen atoms in total. The van der Waals surface area contributed by atoms with Gasteiger partial charge < -0.3 is 18.9 Å². The first-order chi connectivity index (χ1) is 19.9. The number of hydrogen-bond acceptors (Lipinski definition) is 5. The van der Waals surface area contributed by atoms with Crippen LogP contribution in [0.2, 0.25) is 5.02 Å². The minimum atomic E-state index is -3.72. The summed E-state index contributed by atoms with van der Waals surface area (Å²) >= 11 is 5.98. The fourth-order valence-electron chi connectivity index (χ4n) is 5.41. The van der Waals surface area contributed by atoms with Crippen molar-refractivity contribution >= 4 is 55.8 Å². The van der Waals surface area contributed by atoms with E-state index >= 15 is 0 Å². The zero-order valence-corrected chi connectivity index (χ0v) is 24.2. The summed E-state index contributed by atoms with van der Waals surface area (Å²) in [6.45, 7) is 4.79. The molecule has 0 aliphatic carbocycles. The van der Waals surface area contributed by atoms with Crippen LogP contribution >= 0.6 is 11.6 Å². The summed E-state index contributed by atoms with van der Waals surface area (Å²) in [7, 11) is -3.72. The van der Waals surface area contributed by atoms with Crippen LogP contribution in [0.1, 0.15) is 18.1 Å². The zero-order valence-electron chi connectivity index (χ0n) is 22.6. The van der Waals surface area contributed by atoms with Crippen LogP contribution < -0.4 is 9.64 Å². The Labute approximate surface area is 244 Å². The molecular weight excluding hydrogens is 562 g/mol. The van der Waals surface area contributed by atoms with E-state index in [4.69, 9.17) is 21.1 Å². The number of ether oxygens (including phenoxy) is 2. The molecule has 3 aromatic carbocycles. The molecule has 2 aliphatic heterocycles. The molecule has 0 atom stereocenters. The Bertz CT molecular complexity index is 1740. The Morgan fingerprint density at radius 2 is 1.78 bits per heavy atom. The molecule has 0 unspecified atom stereocenters. The maximum Gasteiger partial charge on any atom is 0.258 e. The molecule has 0 saturated carbocycles. The third kappa shape index (κ3) is 5.26. The molecule has 3 heterocycles. The number of hydrogen-bond donors (Lipinski definition) is 0. The second-order valence-corrected chi connectivity index (χ2v) is 12.3. The largest absolute Gasteiger partial charge is 0.492 e. The lowest BCUT2D eigenvalue weighted by atomic mass is 10.0. The number of amides is 1. The summed E-state index contributed by atoms with van der Waals surface area (Å²) in [6, 6.07) is 20.2. The minimum Gasteiger partial charge on any atom is -0.492 e. The first-order valence-corrected chi connectivity index (χ1v) is 15.4. The minimum absolute atomic E-state index is 0.147. The van der Waals surface area contributed by atoms with E-state index in [1.54, 1.807) is 35.2 Å². The van der Waals surface area contributed by atoms with Crippen LogP contribution in [0, 0.1) is 0 Å². The number of carbonyl (C=O) groups is 1. The van der Waals surface area contributed by atoms with E-state index in [2.05, 4.69) is 4.57 Å². The Morgan fingerprint density at radius 1 is 1.02 bits per heavy atom. The first-order valence-electron chi connectivity index (χ1n) is 13.6. The van der Waals surface area contributed by atoms with Crippen molar-refractivity contribution in [2.24, 2.45) is 0 Å². The van der Waals surface area contributed by atoms with Gasteiger partial charge in [0.2, 0.25) is 10.0 Å². The van der Waals surface area contributed by atoms with Gasteiger partial charge in [-0.25, -0.2) is 8.42 Å². The first kappa shape index (κ1) is 27.5. The number of aromatic nitrogens is 1. The van der Waals surface area contributed by atoms with Crippen molar-refractivity contribution in [3.05, 3.63) is 89.1 Å². The number of halogens is 1. The average Bonchev–Trinajstić information content (AvgIpc) is 3.48. The molecular formula is C31H30ClN3O5S. The van der Waals surface area contributed by atoms with E-state index in [0.717, 1.165) is 22.2 Å². The van der Waals surface area contributed by atoms with Crippen LogP contribution in [0.4, 0.5) is 5.69 Å². The smallest absolute Gasteiger partial charge is 0.258 e. The van der Waals surface area contributed by atoms with Crippen LogP contribution in [0.3, 0.4) is 0 Å². The fraction of sp³-hybridized carbons (Fsp3) is 0.258. The van der Waals surface area contributed by atoms with E-state index in [1.165, 1.54) is 4.31 Å². The standard InChI is InChI=1S/C31H30ClN3O5S/c1-2-35-30-12-11-25(41(37,38)34-14-16-39-17-15-34)20-27(30)28(31(35)36)19-22-21-33(29-6-4-3-5-26(22)29)13-18-40-24-9-7-23(32)8-10-24/h3-12,19-21H,2,13-18H2,1H3. The normalized spacial score (nSPS) is 17.0. The predicted octanol–water partition coefficient (Wildman–Crippen LogP) is 5.30. The van der Waals surface area contributed by atoms with Gasteiger partial charge in [0.15, 0.2) is 0 Å². The molecule has 0 bridgehead atoms. The second-order valence-electron chi connectivity index (χ2n) is 9.90. The van der Waals surface area contributed by atoms with E-state index < -0.39 is 10.0 Å². The van der Waals surface area contributed by atoms with E-state index in [0.29, 0.717) is 67.8 Å². The molecule has 1 aromatic heterocycles.